The number of anilines is 1. The molecule has 2 nitrogen and oxygen atoms in total. The van der Waals surface area contributed by atoms with E-state index in [4.69, 9.17) is 0 Å². The Balaban J connectivity index is 2.10. The minimum absolute atomic E-state index is 0.111. The molecule has 0 spiro atoms. The zero-order chi connectivity index (χ0) is 14.5. The Labute approximate surface area is 121 Å². The van der Waals surface area contributed by atoms with Crippen molar-refractivity contribution in [2.24, 2.45) is 0 Å². The van der Waals surface area contributed by atoms with Gasteiger partial charge in [-0.05, 0) is 50.9 Å². The van der Waals surface area contributed by atoms with E-state index in [1.165, 1.54) is 5.57 Å². The van der Waals surface area contributed by atoms with Gasteiger partial charge in [-0.2, -0.15) is 0 Å². The van der Waals surface area contributed by atoms with Gasteiger partial charge in [0.05, 0.1) is 5.69 Å². The van der Waals surface area contributed by atoms with E-state index < -0.39 is 0 Å². The number of hydrogen-bond donors (Lipinski definition) is 1. The molecule has 0 aromatic heterocycles. The van der Waals surface area contributed by atoms with Gasteiger partial charge in [-0.15, -0.1) is 0 Å². The van der Waals surface area contributed by atoms with Crippen LogP contribution in [0.1, 0.15) is 45.2 Å². The van der Waals surface area contributed by atoms with Crippen molar-refractivity contribution in [3.8, 4) is 0 Å². The summed E-state index contributed by atoms with van der Waals surface area (Å²) in [6.45, 7) is 9.03. The van der Waals surface area contributed by atoms with Gasteiger partial charge in [-0.25, -0.2) is 4.39 Å². The largest absolute Gasteiger partial charge is 0.365 e. The molecule has 1 aromatic rings. The highest BCUT2D eigenvalue weighted by molar-refractivity contribution is 5.51. The van der Waals surface area contributed by atoms with Crippen LogP contribution in [0.25, 0.3) is 0 Å². The van der Waals surface area contributed by atoms with Crippen LogP contribution in [0.15, 0.2) is 29.8 Å². The smallest absolute Gasteiger partial charge is 0.146 e. The molecule has 1 N–H and O–H groups in total. The molecule has 1 unspecified atom stereocenters. The SMILES string of the molecule is CCCNC(C)c1ccc(N2CC=C(C)CC2)c(F)c1. The van der Waals surface area contributed by atoms with Gasteiger partial charge in [0.1, 0.15) is 5.82 Å². The number of halogens is 1. The fraction of sp³-hybridized carbons (Fsp3) is 0.529. The molecule has 1 atom stereocenters. The molecule has 0 fully saturated rings. The van der Waals surface area contributed by atoms with Gasteiger partial charge in [0.15, 0.2) is 0 Å². The summed E-state index contributed by atoms with van der Waals surface area (Å²) in [5.74, 6) is -0.111. The van der Waals surface area contributed by atoms with Crippen molar-refractivity contribution < 1.29 is 4.39 Å². The van der Waals surface area contributed by atoms with Crippen LogP contribution in [0.4, 0.5) is 10.1 Å². The van der Waals surface area contributed by atoms with Crippen molar-refractivity contribution in [2.45, 2.75) is 39.7 Å². The van der Waals surface area contributed by atoms with Crippen LogP contribution in [0.2, 0.25) is 0 Å². The second-order valence-corrected chi connectivity index (χ2v) is 5.63. The van der Waals surface area contributed by atoms with Gasteiger partial charge in [0.2, 0.25) is 0 Å². The lowest BCUT2D eigenvalue weighted by atomic mass is 10.1. The Morgan fingerprint density at radius 3 is 2.80 bits per heavy atom. The van der Waals surface area contributed by atoms with E-state index in [2.05, 4.69) is 37.1 Å². The zero-order valence-electron chi connectivity index (χ0n) is 12.7. The van der Waals surface area contributed by atoms with E-state index in [0.29, 0.717) is 0 Å². The number of nitrogens with one attached hydrogen (secondary N) is 1. The maximum atomic E-state index is 14.3. The molecule has 20 heavy (non-hydrogen) atoms. The Hall–Kier alpha value is -1.35. The molecule has 1 aliphatic rings. The molecular weight excluding hydrogens is 251 g/mol. The standard InChI is InChI=1S/C17H25FN2/c1-4-9-19-14(3)15-5-6-17(16(18)12-15)20-10-7-13(2)8-11-20/h5-7,12,14,19H,4,8-11H2,1-3H3. The summed E-state index contributed by atoms with van der Waals surface area (Å²) in [6.07, 6.45) is 4.29. The average Bonchev–Trinajstić information content (AvgIpc) is 2.46. The lowest BCUT2D eigenvalue weighted by Crippen LogP contribution is -2.29. The second-order valence-electron chi connectivity index (χ2n) is 5.63. The topological polar surface area (TPSA) is 15.3 Å². The molecule has 1 heterocycles. The van der Waals surface area contributed by atoms with E-state index in [-0.39, 0.29) is 11.9 Å². The maximum absolute atomic E-state index is 14.3. The van der Waals surface area contributed by atoms with E-state index in [1.807, 2.05) is 12.1 Å². The first-order valence-electron chi connectivity index (χ1n) is 7.55. The van der Waals surface area contributed by atoms with Crippen LogP contribution in [0.5, 0.6) is 0 Å². The van der Waals surface area contributed by atoms with Crippen LogP contribution in [0, 0.1) is 5.82 Å². The normalized spacial score (nSPS) is 17.0. The van der Waals surface area contributed by atoms with Gasteiger partial charge < -0.3 is 10.2 Å². The minimum atomic E-state index is -0.111. The maximum Gasteiger partial charge on any atom is 0.146 e. The van der Waals surface area contributed by atoms with Crippen molar-refractivity contribution in [2.75, 3.05) is 24.5 Å². The predicted molar refractivity (Wildman–Crippen MR) is 83.7 cm³/mol. The van der Waals surface area contributed by atoms with E-state index in [1.54, 1.807) is 6.07 Å². The van der Waals surface area contributed by atoms with E-state index >= 15 is 0 Å². The van der Waals surface area contributed by atoms with Crippen molar-refractivity contribution >= 4 is 5.69 Å². The summed E-state index contributed by atoms with van der Waals surface area (Å²) >= 11 is 0. The predicted octanol–water partition coefficient (Wildman–Crippen LogP) is 4.04. The first-order chi connectivity index (χ1) is 9.61. The first-order valence-corrected chi connectivity index (χ1v) is 7.55. The second kappa shape index (κ2) is 6.89. The van der Waals surface area contributed by atoms with Crippen molar-refractivity contribution in [3.63, 3.8) is 0 Å². The van der Waals surface area contributed by atoms with E-state index in [9.17, 15) is 4.39 Å². The molecule has 3 heteroatoms. The fourth-order valence-electron chi connectivity index (χ4n) is 2.52. The summed E-state index contributed by atoms with van der Waals surface area (Å²) < 4.78 is 14.3. The highest BCUT2D eigenvalue weighted by atomic mass is 19.1. The molecule has 1 aliphatic heterocycles. The third kappa shape index (κ3) is 3.60. The van der Waals surface area contributed by atoms with Gasteiger partial charge in [-0.3, -0.25) is 0 Å². The van der Waals surface area contributed by atoms with Crippen molar-refractivity contribution in [1.82, 2.24) is 5.32 Å². The van der Waals surface area contributed by atoms with Gasteiger partial charge >= 0.3 is 0 Å². The number of benzene rings is 1. The Kier molecular flexibility index (Phi) is 5.18. The van der Waals surface area contributed by atoms with Crippen LogP contribution >= 0.6 is 0 Å². The summed E-state index contributed by atoms with van der Waals surface area (Å²) in [5.41, 5.74) is 3.14. The highest BCUT2D eigenvalue weighted by Crippen LogP contribution is 2.25. The van der Waals surface area contributed by atoms with Crippen LogP contribution in [-0.2, 0) is 0 Å². The quantitative estimate of drug-likeness (QED) is 0.816. The highest BCUT2D eigenvalue weighted by Gasteiger charge is 2.15. The number of rotatable bonds is 5. The average molecular weight is 276 g/mol. The third-order valence-corrected chi connectivity index (χ3v) is 3.95. The Bertz CT molecular complexity index is 482. The Morgan fingerprint density at radius 1 is 1.40 bits per heavy atom. The number of nitrogens with zero attached hydrogens (tertiary/aromatic N) is 1. The lowest BCUT2D eigenvalue weighted by Gasteiger charge is -2.28. The van der Waals surface area contributed by atoms with Gasteiger partial charge in [0.25, 0.3) is 0 Å². The van der Waals surface area contributed by atoms with Crippen molar-refractivity contribution in [1.29, 1.82) is 0 Å². The minimum Gasteiger partial charge on any atom is -0.365 e. The first kappa shape index (κ1) is 15.0. The molecule has 0 amide bonds. The molecule has 0 saturated carbocycles. The lowest BCUT2D eigenvalue weighted by molar-refractivity contribution is 0.561. The summed E-state index contributed by atoms with van der Waals surface area (Å²) in [5, 5.41) is 3.39. The fourth-order valence-corrected chi connectivity index (χ4v) is 2.52. The molecule has 1 aromatic carbocycles. The van der Waals surface area contributed by atoms with Crippen LogP contribution < -0.4 is 10.2 Å². The Morgan fingerprint density at radius 2 is 2.20 bits per heavy atom. The van der Waals surface area contributed by atoms with E-state index in [0.717, 1.165) is 43.7 Å². The molecule has 0 saturated heterocycles. The number of hydrogen-bond acceptors (Lipinski definition) is 2. The van der Waals surface area contributed by atoms with Crippen molar-refractivity contribution in [3.05, 3.63) is 41.2 Å². The monoisotopic (exact) mass is 276 g/mol. The summed E-state index contributed by atoms with van der Waals surface area (Å²) in [6, 6.07) is 5.83. The summed E-state index contributed by atoms with van der Waals surface area (Å²) in [7, 11) is 0. The van der Waals surface area contributed by atoms with Gasteiger partial charge in [-0.1, -0.05) is 24.6 Å². The molecule has 0 aliphatic carbocycles. The zero-order valence-corrected chi connectivity index (χ0v) is 12.7. The van der Waals surface area contributed by atoms with Crippen LogP contribution in [0.3, 0.4) is 0 Å². The van der Waals surface area contributed by atoms with Crippen LogP contribution in [-0.4, -0.2) is 19.6 Å². The molecule has 0 radical (unpaired) electrons. The molecular formula is C17H25FN2. The third-order valence-electron chi connectivity index (χ3n) is 3.95. The molecule has 0 bridgehead atoms. The van der Waals surface area contributed by atoms with Gasteiger partial charge in [0, 0.05) is 19.1 Å². The molecule has 2 rings (SSSR count). The summed E-state index contributed by atoms with van der Waals surface area (Å²) in [4.78, 5) is 2.11. The molecule has 110 valence electrons.